The lowest BCUT2D eigenvalue weighted by molar-refractivity contribution is 0.741. The van der Waals surface area contributed by atoms with E-state index in [1.165, 1.54) is 16.7 Å². The molecule has 0 aliphatic heterocycles. The van der Waals surface area contributed by atoms with E-state index in [9.17, 15) is 0 Å². The van der Waals surface area contributed by atoms with Crippen LogP contribution in [0.4, 0.5) is 0 Å². The minimum absolute atomic E-state index is 0.214. The van der Waals surface area contributed by atoms with Gasteiger partial charge in [-0.15, -0.1) is 11.6 Å². The summed E-state index contributed by atoms with van der Waals surface area (Å²) in [5.41, 5.74) is 4.07. The van der Waals surface area contributed by atoms with E-state index in [1.54, 1.807) is 0 Å². The number of benzene rings is 2. The number of hydrogen-bond acceptors (Lipinski definition) is 0. The summed E-state index contributed by atoms with van der Waals surface area (Å²) in [6.07, 6.45) is 3.04. The van der Waals surface area contributed by atoms with Crippen molar-refractivity contribution in [1.29, 1.82) is 0 Å². The summed E-state index contributed by atoms with van der Waals surface area (Å²) in [5.74, 6) is 0. The molecule has 0 aliphatic carbocycles. The average Bonchev–Trinajstić information content (AvgIpc) is 2.40. The van der Waals surface area contributed by atoms with Crippen molar-refractivity contribution in [2.75, 3.05) is 0 Å². The van der Waals surface area contributed by atoms with Gasteiger partial charge in [0.1, 0.15) is 0 Å². The zero-order chi connectivity index (χ0) is 12.8. The molecule has 0 saturated carbocycles. The van der Waals surface area contributed by atoms with Gasteiger partial charge in [0.15, 0.2) is 0 Å². The number of hydrogen-bond donors (Lipinski definition) is 0. The normalized spacial score (nSPS) is 12.3. The Kier molecular flexibility index (Phi) is 4.83. The lowest BCUT2D eigenvalue weighted by Crippen LogP contribution is -2.06. The molecule has 1 atom stereocenters. The summed E-state index contributed by atoms with van der Waals surface area (Å²) in [6.45, 7) is 2.15. The Morgan fingerprint density at radius 1 is 0.944 bits per heavy atom. The molecule has 0 amide bonds. The second kappa shape index (κ2) is 6.61. The third-order valence-electron chi connectivity index (χ3n) is 3.29. The molecule has 1 unspecified atom stereocenters. The van der Waals surface area contributed by atoms with E-state index < -0.39 is 0 Å². The highest BCUT2D eigenvalue weighted by atomic mass is 35.5. The average molecular weight is 259 g/mol. The molecule has 0 heterocycles. The monoisotopic (exact) mass is 258 g/mol. The Morgan fingerprint density at radius 2 is 1.61 bits per heavy atom. The summed E-state index contributed by atoms with van der Waals surface area (Å²) >= 11 is 6.44. The molecule has 2 aromatic rings. The van der Waals surface area contributed by atoms with Crippen LogP contribution >= 0.6 is 11.6 Å². The minimum atomic E-state index is 0.214. The number of alkyl halides is 1. The van der Waals surface area contributed by atoms with Crippen molar-refractivity contribution in [3.05, 3.63) is 71.3 Å². The van der Waals surface area contributed by atoms with Crippen LogP contribution in [-0.2, 0) is 12.8 Å². The fraction of sp³-hybridized carbons (Fsp3) is 0.294. The van der Waals surface area contributed by atoms with Crippen LogP contribution in [0.1, 0.15) is 23.1 Å². The molecule has 2 aromatic carbocycles. The summed E-state index contributed by atoms with van der Waals surface area (Å²) in [7, 11) is 0. The van der Waals surface area contributed by atoms with Crippen molar-refractivity contribution >= 4 is 11.6 Å². The lowest BCUT2D eigenvalue weighted by Gasteiger charge is -2.11. The van der Waals surface area contributed by atoms with Crippen LogP contribution in [0, 0.1) is 6.92 Å². The largest absolute Gasteiger partial charge is 0.123 e. The molecule has 0 radical (unpaired) electrons. The van der Waals surface area contributed by atoms with E-state index in [0.29, 0.717) is 0 Å². The van der Waals surface area contributed by atoms with E-state index in [2.05, 4.69) is 61.5 Å². The molecule has 0 bridgehead atoms. The molecular formula is C17H19Cl. The summed E-state index contributed by atoms with van der Waals surface area (Å²) in [6, 6.07) is 19.0. The van der Waals surface area contributed by atoms with Crippen LogP contribution < -0.4 is 0 Å². The van der Waals surface area contributed by atoms with Gasteiger partial charge in [0, 0.05) is 5.38 Å². The molecule has 94 valence electrons. The maximum absolute atomic E-state index is 6.44. The molecular weight excluding hydrogens is 240 g/mol. The van der Waals surface area contributed by atoms with Gasteiger partial charge in [0.25, 0.3) is 0 Å². The van der Waals surface area contributed by atoms with Crippen molar-refractivity contribution in [3.8, 4) is 0 Å². The number of rotatable bonds is 5. The summed E-state index contributed by atoms with van der Waals surface area (Å²) < 4.78 is 0. The van der Waals surface area contributed by atoms with Crippen LogP contribution in [0.2, 0.25) is 0 Å². The Balaban J connectivity index is 1.86. The van der Waals surface area contributed by atoms with Crippen molar-refractivity contribution in [2.45, 2.75) is 31.6 Å². The van der Waals surface area contributed by atoms with Gasteiger partial charge in [-0.1, -0.05) is 54.6 Å². The smallest absolute Gasteiger partial charge is 0.0379 e. The third-order valence-corrected chi connectivity index (χ3v) is 3.66. The topological polar surface area (TPSA) is 0 Å². The van der Waals surface area contributed by atoms with Crippen molar-refractivity contribution in [2.24, 2.45) is 0 Å². The van der Waals surface area contributed by atoms with Crippen LogP contribution in [0.3, 0.4) is 0 Å². The number of aryl methyl sites for hydroxylation is 2. The molecule has 0 spiro atoms. The summed E-state index contributed by atoms with van der Waals surface area (Å²) in [4.78, 5) is 0. The molecule has 1 heteroatoms. The van der Waals surface area contributed by atoms with Crippen molar-refractivity contribution in [1.82, 2.24) is 0 Å². The van der Waals surface area contributed by atoms with E-state index in [0.717, 1.165) is 19.3 Å². The Morgan fingerprint density at radius 3 is 2.33 bits per heavy atom. The van der Waals surface area contributed by atoms with E-state index >= 15 is 0 Å². The van der Waals surface area contributed by atoms with Crippen LogP contribution in [0.5, 0.6) is 0 Å². The second-order valence-corrected chi connectivity index (χ2v) is 5.37. The van der Waals surface area contributed by atoms with Crippen LogP contribution in [0.25, 0.3) is 0 Å². The lowest BCUT2D eigenvalue weighted by atomic mass is 10.0. The molecule has 0 aliphatic rings. The maximum Gasteiger partial charge on any atom is 0.0379 e. The standard InChI is InChI=1S/C17H19Cl/c1-14-7-5-6-10-16(14)13-17(18)12-11-15-8-3-2-4-9-15/h2-10,17H,11-13H2,1H3. The highest BCUT2D eigenvalue weighted by molar-refractivity contribution is 6.20. The van der Waals surface area contributed by atoms with Gasteiger partial charge < -0.3 is 0 Å². The van der Waals surface area contributed by atoms with Crippen molar-refractivity contribution < 1.29 is 0 Å². The highest BCUT2D eigenvalue weighted by Gasteiger charge is 2.07. The second-order valence-electron chi connectivity index (χ2n) is 4.75. The molecule has 0 nitrogen and oxygen atoms in total. The Hall–Kier alpha value is -1.27. The molecule has 0 saturated heterocycles. The molecule has 18 heavy (non-hydrogen) atoms. The predicted octanol–water partition coefficient (Wildman–Crippen LogP) is 4.78. The molecule has 2 rings (SSSR count). The van der Waals surface area contributed by atoms with Crippen LogP contribution in [0.15, 0.2) is 54.6 Å². The van der Waals surface area contributed by atoms with Gasteiger partial charge in [0.2, 0.25) is 0 Å². The first-order valence-electron chi connectivity index (χ1n) is 6.48. The summed E-state index contributed by atoms with van der Waals surface area (Å²) in [5, 5.41) is 0.214. The van der Waals surface area contributed by atoms with Gasteiger partial charge in [-0.3, -0.25) is 0 Å². The fourth-order valence-corrected chi connectivity index (χ4v) is 2.42. The van der Waals surface area contributed by atoms with Gasteiger partial charge in [-0.25, -0.2) is 0 Å². The molecule has 0 N–H and O–H groups in total. The zero-order valence-corrected chi connectivity index (χ0v) is 11.5. The Labute approximate surface area is 115 Å². The molecule has 0 aromatic heterocycles. The van der Waals surface area contributed by atoms with Gasteiger partial charge in [0.05, 0.1) is 0 Å². The SMILES string of the molecule is Cc1ccccc1CC(Cl)CCc1ccccc1. The van der Waals surface area contributed by atoms with Gasteiger partial charge in [-0.05, 0) is 42.9 Å². The predicted molar refractivity (Wildman–Crippen MR) is 79.3 cm³/mol. The first-order chi connectivity index (χ1) is 8.75. The highest BCUT2D eigenvalue weighted by Crippen LogP contribution is 2.17. The van der Waals surface area contributed by atoms with E-state index in [-0.39, 0.29) is 5.38 Å². The first kappa shape index (κ1) is 13.2. The van der Waals surface area contributed by atoms with Gasteiger partial charge in [-0.2, -0.15) is 0 Å². The third kappa shape index (κ3) is 3.89. The van der Waals surface area contributed by atoms with E-state index in [4.69, 9.17) is 11.6 Å². The van der Waals surface area contributed by atoms with Crippen molar-refractivity contribution in [3.63, 3.8) is 0 Å². The van der Waals surface area contributed by atoms with Crippen LogP contribution in [-0.4, -0.2) is 5.38 Å². The number of halogens is 1. The van der Waals surface area contributed by atoms with Gasteiger partial charge >= 0.3 is 0 Å². The minimum Gasteiger partial charge on any atom is -0.123 e. The molecule has 0 fully saturated rings. The fourth-order valence-electron chi connectivity index (χ4n) is 2.15. The zero-order valence-electron chi connectivity index (χ0n) is 10.8. The Bertz CT molecular complexity index is 476. The van der Waals surface area contributed by atoms with E-state index in [1.807, 2.05) is 0 Å². The first-order valence-corrected chi connectivity index (χ1v) is 6.92. The maximum atomic E-state index is 6.44. The quantitative estimate of drug-likeness (QED) is 0.677.